The molecule has 0 saturated carbocycles. The van der Waals surface area contributed by atoms with Crippen LogP contribution in [0.1, 0.15) is 0 Å². The Morgan fingerprint density at radius 1 is 1.40 bits per heavy atom. The number of hydrogen-bond donors (Lipinski definition) is 2. The van der Waals surface area contributed by atoms with Gasteiger partial charge in [0.15, 0.2) is 0 Å². The molecule has 0 spiro atoms. The normalized spacial score (nSPS) is 21.6. The molecule has 15 heavy (non-hydrogen) atoms. The number of rotatable bonds is 2. The van der Waals surface area contributed by atoms with Crippen LogP contribution >= 0.6 is 15.9 Å². The Balaban J connectivity index is 2.64. The molecule has 0 aliphatic carbocycles. The summed E-state index contributed by atoms with van der Waals surface area (Å²) in [5.74, 6) is -0.126. The van der Waals surface area contributed by atoms with Crippen LogP contribution in [0.5, 0.6) is 0 Å². The third-order valence-electron chi connectivity index (χ3n) is 2.40. The van der Waals surface area contributed by atoms with Gasteiger partial charge in [-0.05, 0) is 0 Å². The van der Waals surface area contributed by atoms with Crippen LogP contribution < -0.4 is 0 Å². The van der Waals surface area contributed by atoms with Crippen molar-refractivity contribution in [2.24, 2.45) is 0 Å². The highest BCUT2D eigenvalue weighted by Crippen LogP contribution is 2.10. The summed E-state index contributed by atoms with van der Waals surface area (Å²) in [5.41, 5.74) is 0. The first-order chi connectivity index (χ1) is 7.10. The fourth-order valence-electron chi connectivity index (χ4n) is 1.59. The molecular formula is C8H13BrN2O4. The van der Waals surface area contributed by atoms with Gasteiger partial charge in [-0.3, -0.25) is 4.79 Å². The van der Waals surface area contributed by atoms with Gasteiger partial charge in [0.1, 0.15) is 0 Å². The van der Waals surface area contributed by atoms with Crippen LogP contribution in [0.15, 0.2) is 0 Å². The average molecular weight is 281 g/mol. The summed E-state index contributed by atoms with van der Waals surface area (Å²) in [6.45, 7) is 0.583. The second-order valence-electron chi connectivity index (χ2n) is 3.29. The topological polar surface area (TPSA) is 81.1 Å². The summed E-state index contributed by atoms with van der Waals surface area (Å²) in [6.07, 6.45) is -1.01. The molecule has 1 rings (SSSR count). The number of hydrogen-bond acceptors (Lipinski definition) is 3. The van der Waals surface area contributed by atoms with E-state index in [1.165, 1.54) is 9.80 Å². The highest BCUT2D eigenvalue weighted by molar-refractivity contribution is 9.09. The van der Waals surface area contributed by atoms with Crippen LogP contribution in [0.3, 0.4) is 0 Å². The third kappa shape index (κ3) is 2.82. The maximum absolute atomic E-state index is 11.4. The predicted molar refractivity (Wildman–Crippen MR) is 56.0 cm³/mol. The number of halogens is 1. The molecule has 1 fully saturated rings. The first-order valence-electron chi connectivity index (χ1n) is 4.54. The zero-order valence-electron chi connectivity index (χ0n) is 8.10. The van der Waals surface area contributed by atoms with E-state index in [1.807, 2.05) is 0 Å². The Labute approximate surface area is 95.6 Å². The van der Waals surface area contributed by atoms with Crippen molar-refractivity contribution in [3.05, 3.63) is 0 Å². The van der Waals surface area contributed by atoms with Gasteiger partial charge >= 0.3 is 6.09 Å². The monoisotopic (exact) mass is 280 g/mol. The second kappa shape index (κ2) is 5.32. The van der Waals surface area contributed by atoms with Crippen LogP contribution in [0.4, 0.5) is 4.79 Å². The summed E-state index contributed by atoms with van der Waals surface area (Å²) in [7, 11) is 0. The van der Waals surface area contributed by atoms with E-state index >= 15 is 0 Å². The lowest BCUT2D eigenvalue weighted by atomic mass is 10.2. The molecule has 1 aliphatic heterocycles. The quantitative estimate of drug-likeness (QED) is 0.673. The Hall–Kier alpha value is -0.820. The van der Waals surface area contributed by atoms with Gasteiger partial charge in [-0.1, -0.05) is 15.9 Å². The molecule has 0 bridgehead atoms. The molecule has 86 valence electrons. The average Bonchev–Trinajstić information content (AvgIpc) is 2.27. The lowest BCUT2D eigenvalue weighted by molar-refractivity contribution is -0.134. The summed E-state index contributed by atoms with van der Waals surface area (Å²) >= 11 is 3.05. The second-order valence-corrected chi connectivity index (χ2v) is 3.85. The van der Waals surface area contributed by atoms with Crippen LogP contribution in [0.2, 0.25) is 0 Å². The van der Waals surface area contributed by atoms with Crippen LogP contribution in [-0.4, -0.2) is 69.6 Å². The minimum Gasteiger partial charge on any atom is -0.465 e. The van der Waals surface area contributed by atoms with Crippen LogP contribution in [-0.2, 0) is 4.79 Å². The zero-order valence-corrected chi connectivity index (χ0v) is 9.68. The molecule has 1 heterocycles. The van der Waals surface area contributed by atoms with Gasteiger partial charge < -0.3 is 20.0 Å². The van der Waals surface area contributed by atoms with E-state index < -0.39 is 12.1 Å². The highest BCUT2D eigenvalue weighted by Gasteiger charge is 2.31. The SMILES string of the molecule is O=C(O)N1CCN(C(=O)CBr)C(CO)C1. The number of amides is 2. The first-order valence-corrected chi connectivity index (χ1v) is 5.66. The zero-order chi connectivity index (χ0) is 11.4. The van der Waals surface area contributed by atoms with Crippen molar-refractivity contribution < 1.29 is 19.8 Å². The van der Waals surface area contributed by atoms with Crippen LogP contribution in [0, 0.1) is 0 Å². The van der Waals surface area contributed by atoms with E-state index in [9.17, 15) is 9.59 Å². The Bertz CT molecular complexity index is 261. The van der Waals surface area contributed by atoms with Gasteiger partial charge in [-0.25, -0.2) is 4.79 Å². The number of carbonyl (C=O) groups excluding carboxylic acids is 1. The van der Waals surface area contributed by atoms with Crippen molar-refractivity contribution in [1.29, 1.82) is 0 Å². The number of aliphatic hydroxyl groups excluding tert-OH is 1. The Kier molecular flexibility index (Phi) is 4.34. The van der Waals surface area contributed by atoms with Gasteiger partial charge in [-0.2, -0.15) is 0 Å². The van der Waals surface area contributed by atoms with Crippen molar-refractivity contribution in [3.8, 4) is 0 Å². The number of aliphatic hydroxyl groups is 1. The minimum absolute atomic E-state index is 0.126. The maximum Gasteiger partial charge on any atom is 0.407 e. The fourth-order valence-corrected chi connectivity index (χ4v) is 1.91. The molecule has 0 aromatic heterocycles. The Morgan fingerprint density at radius 3 is 2.53 bits per heavy atom. The van der Waals surface area contributed by atoms with E-state index in [4.69, 9.17) is 10.2 Å². The van der Waals surface area contributed by atoms with Crippen molar-refractivity contribution in [2.75, 3.05) is 31.6 Å². The number of alkyl halides is 1. The molecule has 1 atom stereocenters. The van der Waals surface area contributed by atoms with Crippen molar-refractivity contribution in [3.63, 3.8) is 0 Å². The van der Waals surface area contributed by atoms with Gasteiger partial charge in [0.05, 0.1) is 18.0 Å². The molecule has 0 aromatic carbocycles. The minimum atomic E-state index is -1.01. The molecule has 1 unspecified atom stereocenters. The molecule has 0 radical (unpaired) electrons. The van der Waals surface area contributed by atoms with Crippen molar-refractivity contribution >= 4 is 27.9 Å². The van der Waals surface area contributed by atoms with E-state index in [1.54, 1.807) is 0 Å². The molecule has 2 N–H and O–H groups in total. The van der Waals surface area contributed by atoms with Gasteiger partial charge in [0.2, 0.25) is 5.91 Å². The van der Waals surface area contributed by atoms with Gasteiger partial charge in [0, 0.05) is 19.6 Å². The van der Waals surface area contributed by atoms with E-state index in [-0.39, 0.29) is 24.4 Å². The number of carboxylic acid groups (broad SMARTS) is 1. The fraction of sp³-hybridized carbons (Fsp3) is 0.750. The van der Waals surface area contributed by atoms with Crippen LogP contribution in [0.25, 0.3) is 0 Å². The highest BCUT2D eigenvalue weighted by atomic mass is 79.9. The molecule has 0 aromatic rings. The molecule has 1 aliphatic rings. The molecule has 6 nitrogen and oxygen atoms in total. The molecule has 1 saturated heterocycles. The number of piperazine rings is 1. The first kappa shape index (κ1) is 12.3. The summed E-state index contributed by atoms with van der Waals surface area (Å²) in [4.78, 5) is 24.8. The van der Waals surface area contributed by atoms with E-state index in [2.05, 4.69) is 15.9 Å². The number of carbonyl (C=O) groups is 2. The predicted octanol–water partition coefficient (Wildman–Crippen LogP) is -0.436. The van der Waals surface area contributed by atoms with Crippen molar-refractivity contribution in [2.45, 2.75) is 6.04 Å². The van der Waals surface area contributed by atoms with Crippen molar-refractivity contribution in [1.82, 2.24) is 9.80 Å². The summed E-state index contributed by atoms with van der Waals surface area (Å²) in [5, 5.41) is 18.0. The Morgan fingerprint density at radius 2 is 2.07 bits per heavy atom. The lowest BCUT2D eigenvalue weighted by Crippen LogP contribution is -2.57. The largest absolute Gasteiger partial charge is 0.465 e. The van der Waals surface area contributed by atoms with Gasteiger partial charge in [0.25, 0.3) is 0 Å². The van der Waals surface area contributed by atoms with E-state index in [0.717, 1.165) is 0 Å². The maximum atomic E-state index is 11.4. The molecular weight excluding hydrogens is 268 g/mol. The van der Waals surface area contributed by atoms with E-state index in [0.29, 0.717) is 13.1 Å². The third-order valence-corrected chi connectivity index (χ3v) is 2.88. The standard InChI is InChI=1S/C8H13BrN2O4/c9-3-7(13)11-2-1-10(8(14)15)4-6(11)5-12/h6,12H,1-5H2,(H,14,15). The summed E-state index contributed by atoms with van der Waals surface area (Å²) in [6, 6.07) is -0.431. The number of nitrogens with zero attached hydrogens (tertiary/aromatic N) is 2. The molecule has 2 amide bonds. The lowest BCUT2D eigenvalue weighted by Gasteiger charge is -2.39. The van der Waals surface area contributed by atoms with Gasteiger partial charge in [-0.15, -0.1) is 0 Å². The smallest absolute Gasteiger partial charge is 0.407 e. The molecule has 7 heteroatoms. The summed E-state index contributed by atoms with van der Waals surface area (Å²) < 4.78 is 0.